The number of nitrogens with zero attached hydrogens (tertiary/aromatic N) is 1. The number of H-pyrrole nitrogens is 1. The van der Waals surface area contributed by atoms with Crippen molar-refractivity contribution in [2.45, 2.75) is 39.0 Å². The molecule has 1 unspecified atom stereocenters. The van der Waals surface area contributed by atoms with Crippen molar-refractivity contribution in [2.75, 3.05) is 0 Å². The van der Waals surface area contributed by atoms with Crippen LogP contribution in [-0.4, -0.2) is 15.1 Å². The standard InChI is InChI=1S/C16H20N2O2/c1-10(2)12-6-8-17-14(15(12)19)9-11(3)13-5-4-7-18-16(13)20/h4-8,10-11,19H,9H2,1-3H3,(H,18,20). The number of aromatic nitrogens is 2. The third kappa shape index (κ3) is 2.90. The molecule has 106 valence electrons. The molecule has 2 aromatic heterocycles. The fourth-order valence-corrected chi connectivity index (χ4v) is 2.35. The summed E-state index contributed by atoms with van der Waals surface area (Å²) >= 11 is 0. The lowest BCUT2D eigenvalue weighted by Crippen LogP contribution is -2.15. The smallest absolute Gasteiger partial charge is 0.251 e. The number of aromatic hydroxyl groups is 1. The average molecular weight is 272 g/mol. The molecule has 0 radical (unpaired) electrons. The lowest BCUT2D eigenvalue weighted by atomic mass is 9.94. The second-order valence-corrected chi connectivity index (χ2v) is 5.41. The molecule has 0 aliphatic carbocycles. The minimum absolute atomic E-state index is 0.000706. The van der Waals surface area contributed by atoms with E-state index >= 15 is 0 Å². The molecule has 2 heterocycles. The predicted octanol–water partition coefficient (Wildman–Crippen LogP) is 2.95. The minimum Gasteiger partial charge on any atom is -0.506 e. The van der Waals surface area contributed by atoms with Crippen molar-refractivity contribution in [2.24, 2.45) is 0 Å². The normalized spacial score (nSPS) is 12.6. The van der Waals surface area contributed by atoms with E-state index in [-0.39, 0.29) is 23.1 Å². The van der Waals surface area contributed by atoms with Crippen molar-refractivity contribution in [1.29, 1.82) is 0 Å². The lowest BCUT2D eigenvalue weighted by molar-refractivity contribution is 0.450. The van der Waals surface area contributed by atoms with Gasteiger partial charge in [0.15, 0.2) is 0 Å². The van der Waals surface area contributed by atoms with Gasteiger partial charge in [0, 0.05) is 24.4 Å². The summed E-state index contributed by atoms with van der Waals surface area (Å²) in [5.41, 5.74) is 2.17. The van der Waals surface area contributed by atoms with Crippen molar-refractivity contribution < 1.29 is 5.11 Å². The summed E-state index contributed by atoms with van der Waals surface area (Å²) < 4.78 is 0. The summed E-state index contributed by atoms with van der Waals surface area (Å²) in [6.45, 7) is 6.03. The van der Waals surface area contributed by atoms with Crippen LogP contribution < -0.4 is 5.56 Å². The Morgan fingerprint density at radius 2 is 2.00 bits per heavy atom. The van der Waals surface area contributed by atoms with Crippen LogP contribution in [0.5, 0.6) is 5.75 Å². The SMILES string of the molecule is CC(C)c1ccnc(CC(C)c2ccc[nH]c2=O)c1O. The van der Waals surface area contributed by atoms with Crippen molar-refractivity contribution in [3.05, 3.63) is 57.8 Å². The van der Waals surface area contributed by atoms with Gasteiger partial charge >= 0.3 is 0 Å². The third-order valence-corrected chi connectivity index (χ3v) is 3.53. The molecule has 20 heavy (non-hydrogen) atoms. The molecule has 0 bridgehead atoms. The molecule has 0 fully saturated rings. The Bertz CT molecular complexity index is 647. The summed E-state index contributed by atoms with van der Waals surface area (Å²) in [6.07, 6.45) is 3.87. The first-order chi connectivity index (χ1) is 9.50. The van der Waals surface area contributed by atoms with Crippen LogP contribution in [0.1, 0.15) is 49.4 Å². The van der Waals surface area contributed by atoms with Crippen molar-refractivity contribution in [1.82, 2.24) is 9.97 Å². The van der Waals surface area contributed by atoms with Crippen molar-refractivity contribution in [3.63, 3.8) is 0 Å². The van der Waals surface area contributed by atoms with Gasteiger partial charge in [-0.05, 0) is 29.5 Å². The maximum Gasteiger partial charge on any atom is 0.251 e. The van der Waals surface area contributed by atoms with Gasteiger partial charge in [0.25, 0.3) is 5.56 Å². The Hall–Kier alpha value is -2.10. The first-order valence-electron chi connectivity index (χ1n) is 6.85. The zero-order chi connectivity index (χ0) is 14.7. The fraction of sp³-hybridized carbons (Fsp3) is 0.375. The number of hydrogen-bond acceptors (Lipinski definition) is 3. The van der Waals surface area contributed by atoms with E-state index in [9.17, 15) is 9.90 Å². The van der Waals surface area contributed by atoms with Crippen LogP contribution in [-0.2, 0) is 6.42 Å². The van der Waals surface area contributed by atoms with Crippen LogP contribution in [0.2, 0.25) is 0 Å². The monoisotopic (exact) mass is 272 g/mol. The Labute approximate surface area is 118 Å². The Morgan fingerprint density at radius 1 is 1.25 bits per heavy atom. The third-order valence-electron chi connectivity index (χ3n) is 3.53. The fourth-order valence-electron chi connectivity index (χ4n) is 2.35. The van der Waals surface area contributed by atoms with Gasteiger partial charge in [-0.15, -0.1) is 0 Å². The molecular formula is C16H20N2O2. The minimum atomic E-state index is -0.0838. The maximum absolute atomic E-state index is 11.8. The van der Waals surface area contributed by atoms with Gasteiger partial charge in [0.1, 0.15) is 5.75 Å². The van der Waals surface area contributed by atoms with E-state index in [1.807, 2.05) is 39.0 Å². The lowest BCUT2D eigenvalue weighted by Gasteiger charge is -2.14. The van der Waals surface area contributed by atoms with Crippen LogP contribution in [0.25, 0.3) is 0 Å². The molecule has 0 aliphatic rings. The predicted molar refractivity (Wildman–Crippen MR) is 79.2 cm³/mol. The summed E-state index contributed by atoms with van der Waals surface area (Å²) in [7, 11) is 0. The maximum atomic E-state index is 11.8. The van der Waals surface area contributed by atoms with Crippen LogP contribution in [0.15, 0.2) is 35.4 Å². The summed E-state index contributed by atoms with van der Waals surface area (Å²) in [5.74, 6) is 0.495. The number of rotatable bonds is 4. The van der Waals surface area contributed by atoms with Gasteiger partial charge in [-0.3, -0.25) is 9.78 Å². The van der Waals surface area contributed by atoms with Crippen LogP contribution in [0.3, 0.4) is 0 Å². The number of pyridine rings is 2. The largest absolute Gasteiger partial charge is 0.506 e. The zero-order valence-electron chi connectivity index (χ0n) is 12.1. The molecule has 1 atom stereocenters. The van der Waals surface area contributed by atoms with Crippen LogP contribution in [0, 0.1) is 0 Å². The van der Waals surface area contributed by atoms with E-state index < -0.39 is 0 Å². The van der Waals surface area contributed by atoms with E-state index in [1.54, 1.807) is 12.4 Å². The molecule has 0 aliphatic heterocycles. The highest BCUT2D eigenvalue weighted by Gasteiger charge is 2.16. The van der Waals surface area contributed by atoms with E-state index in [2.05, 4.69) is 9.97 Å². The second kappa shape index (κ2) is 5.90. The summed E-state index contributed by atoms with van der Waals surface area (Å²) in [4.78, 5) is 18.7. The molecule has 0 spiro atoms. The van der Waals surface area contributed by atoms with Gasteiger partial charge in [-0.25, -0.2) is 0 Å². The average Bonchev–Trinajstić information content (AvgIpc) is 2.41. The molecule has 0 saturated heterocycles. The number of nitrogens with one attached hydrogen (secondary N) is 1. The van der Waals surface area contributed by atoms with Gasteiger partial charge < -0.3 is 10.1 Å². The quantitative estimate of drug-likeness (QED) is 0.899. The molecule has 0 saturated carbocycles. The molecule has 4 heteroatoms. The van der Waals surface area contributed by atoms with E-state index in [1.165, 1.54) is 0 Å². The van der Waals surface area contributed by atoms with Crippen molar-refractivity contribution >= 4 is 0 Å². The highest BCUT2D eigenvalue weighted by atomic mass is 16.3. The van der Waals surface area contributed by atoms with E-state index in [4.69, 9.17) is 0 Å². The van der Waals surface area contributed by atoms with E-state index in [0.29, 0.717) is 17.7 Å². The molecule has 2 aromatic rings. The second-order valence-electron chi connectivity index (χ2n) is 5.41. The topological polar surface area (TPSA) is 66.0 Å². The highest BCUT2D eigenvalue weighted by molar-refractivity contribution is 5.38. The summed E-state index contributed by atoms with van der Waals surface area (Å²) in [5, 5.41) is 10.3. The molecule has 4 nitrogen and oxygen atoms in total. The Morgan fingerprint density at radius 3 is 2.65 bits per heavy atom. The molecule has 2 rings (SSSR count). The molecule has 0 amide bonds. The zero-order valence-corrected chi connectivity index (χ0v) is 12.1. The molecule has 2 N–H and O–H groups in total. The summed E-state index contributed by atoms with van der Waals surface area (Å²) in [6, 6.07) is 5.46. The van der Waals surface area contributed by atoms with Gasteiger partial charge in [-0.1, -0.05) is 26.8 Å². The number of hydrogen-bond donors (Lipinski definition) is 2. The molecular weight excluding hydrogens is 252 g/mol. The molecule has 0 aromatic carbocycles. The first-order valence-corrected chi connectivity index (χ1v) is 6.85. The van der Waals surface area contributed by atoms with Gasteiger partial charge in [0.05, 0.1) is 5.69 Å². The Kier molecular flexibility index (Phi) is 4.23. The van der Waals surface area contributed by atoms with Crippen LogP contribution >= 0.6 is 0 Å². The van der Waals surface area contributed by atoms with Crippen molar-refractivity contribution in [3.8, 4) is 5.75 Å². The van der Waals surface area contributed by atoms with Crippen LogP contribution in [0.4, 0.5) is 0 Å². The van der Waals surface area contributed by atoms with Gasteiger partial charge in [0.2, 0.25) is 0 Å². The Balaban J connectivity index is 2.29. The first kappa shape index (κ1) is 14.3. The highest BCUT2D eigenvalue weighted by Crippen LogP contribution is 2.30. The van der Waals surface area contributed by atoms with E-state index in [0.717, 1.165) is 5.56 Å². The van der Waals surface area contributed by atoms with Gasteiger partial charge in [-0.2, -0.15) is 0 Å². The number of aromatic amines is 1.